The van der Waals surface area contributed by atoms with Gasteiger partial charge in [-0.3, -0.25) is 9.59 Å². The molecule has 1 N–H and O–H groups in total. The molecule has 0 saturated heterocycles. The predicted molar refractivity (Wildman–Crippen MR) is 69.1 cm³/mol. The van der Waals surface area contributed by atoms with Crippen LogP contribution in [-0.2, 0) is 6.54 Å². The third-order valence-corrected chi connectivity index (χ3v) is 2.80. The summed E-state index contributed by atoms with van der Waals surface area (Å²) in [5.74, 6) is -0.288. The van der Waals surface area contributed by atoms with Gasteiger partial charge >= 0.3 is 0 Å². The third kappa shape index (κ3) is 3.74. The van der Waals surface area contributed by atoms with Gasteiger partial charge in [0, 0.05) is 6.07 Å². The molecule has 4 nitrogen and oxygen atoms in total. The van der Waals surface area contributed by atoms with E-state index in [0.29, 0.717) is 5.56 Å². The average Bonchev–Trinajstić information content (AvgIpc) is 2.39. The standard InChI is InChI=1S/C15H13NO3.BrH/c1-11(17)12-5-4-8-16(9-12)10-15(19)13-6-2-3-7-14(13)18;/h2-9H,10H2,1H3;1H. The Morgan fingerprint density at radius 1 is 1.15 bits per heavy atom. The molecule has 2 rings (SSSR count). The number of halogens is 1. The highest BCUT2D eigenvalue weighted by Crippen LogP contribution is 2.15. The highest BCUT2D eigenvalue weighted by Gasteiger charge is 2.16. The molecule has 0 fully saturated rings. The average molecular weight is 336 g/mol. The van der Waals surface area contributed by atoms with E-state index in [0.717, 1.165) is 0 Å². The van der Waals surface area contributed by atoms with Gasteiger partial charge in [-0.15, -0.1) is 0 Å². The molecule has 0 aliphatic rings. The summed E-state index contributed by atoms with van der Waals surface area (Å²) in [7, 11) is 0. The molecule has 1 aromatic heterocycles. The van der Waals surface area contributed by atoms with Gasteiger partial charge in [-0.05, 0) is 25.1 Å². The van der Waals surface area contributed by atoms with Crippen LogP contribution in [0.25, 0.3) is 0 Å². The molecule has 104 valence electrons. The summed E-state index contributed by atoms with van der Waals surface area (Å²) in [5.41, 5.74) is 0.829. The molecule has 0 unspecified atom stereocenters. The highest BCUT2D eigenvalue weighted by molar-refractivity contribution is 5.97. The summed E-state index contributed by atoms with van der Waals surface area (Å²) >= 11 is 0. The number of pyridine rings is 1. The minimum atomic E-state index is -0.205. The number of aromatic nitrogens is 1. The molecule has 20 heavy (non-hydrogen) atoms. The van der Waals surface area contributed by atoms with E-state index in [-0.39, 0.29) is 46.4 Å². The van der Waals surface area contributed by atoms with Crippen LogP contribution in [0.1, 0.15) is 27.6 Å². The SMILES string of the molecule is CC(=O)c1ccc[n+](CC(=O)c2ccccc2O)c1.[Br-]. The zero-order chi connectivity index (χ0) is 13.8. The van der Waals surface area contributed by atoms with E-state index in [2.05, 4.69) is 0 Å². The van der Waals surface area contributed by atoms with E-state index < -0.39 is 0 Å². The van der Waals surface area contributed by atoms with E-state index in [4.69, 9.17) is 0 Å². The van der Waals surface area contributed by atoms with Crippen molar-refractivity contribution in [1.29, 1.82) is 0 Å². The van der Waals surface area contributed by atoms with Crippen molar-refractivity contribution in [2.24, 2.45) is 0 Å². The number of ketones is 2. The lowest BCUT2D eigenvalue weighted by atomic mass is 10.1. The molecule has 0 spiro atoms. The number of hydrogen-bond acceptors (Lipinski definition) is 3. The van der Waals surface area contributed by atoms with Gasteiger partial charge in [0.1, 0.15) is 5.75 Å². The van der Waals surface area contributed by atoms with Crippen molar-refractivity contribution in [1.82, 2.24) is 0 Å². The smallest absolute Gasteiger partial charge is 0.231 e. The molecule has 0 radical (unpaired) electrons. The van der Waals surface area contributed by atoms with Crippen LogP contribution in [-0.4, -0.2) is 16.7 Å². The first-order chi connectivity index (χ1) is 9.08. The molecule has 0 bridgehead atoms. The van der Waals surface area contributed by atoms with Gasteiger partial charge in [-0.2, -0.15) is 4.57 Å². The quantitative estimate of drug-likeness (QED) is 0.562. The van der Waals surface area contributed by atoms with Gasteiger partial charge in [0.15, 0.2) is 18.2 Å². The predicted octanol–water partition coefficient (Wildman–Crippen LogP) is -1.23. The second-order valence-corrected chi connectivity index (χ2v) is 4.26. The van der Waals surface area contributed by atoms with Gasteiger partial charge in [0.05, 0.1) is 11.1 Å². The number of carbonyl (C=O) groups excluding carboxylic acids is 2. The van der Waals surface area contributed by atoms with Crippen molar-refractivity contribution in [3.05, 3.63) is 59.9 Å². The first-order valence-electron chi connectivity index (χ1n) is 5.89. The zero-order valence-corrected chi connectivity index (χ0v) is 12.5. The molecule has 0 saturated carbocycles. The van der Waals surface area contributed by atoms with Crippen molar-refractivity contribution in [2.75, 3.05) is 0 Å². The number of para-hydroxylation sites is 1. The molecule has 2 aromatic rings. The Labute approximate surface area is 127 Å². The minimum Gasteiger partial charge on any atom is -1.00 e. The van der Waals surface area contributed by atoms with Gasteiger partial charge < -0.3 is 22.1 Å². The largest absolute Gasteiger partial charge is 1.00 e. The molecule has 0 amide bonds. The van der Waals surface area contributed by atoms with Crippen LogP contribution in [0.3, 0.4) is 0 Å². The number of nitrogens with zero attached hydrogens (tertiary/aromatic N) is 1. The Morgan fingerprint density at radius 3 is 2.50 bits per heavy atom. The molecule has 5 heteroatoms. The van der Waals surface area contributed by atoms with Crippen LogP contribution < -0.4 is 21.5 Å². The molecule has 1 aromatic carbocycles. The minimum absolute atomic E-state index is 0. The van der Waals surface area contributed by atoms with E-state index in [1.165, 1.54) is 13.0 Å². The number of phenols is 1. The van der Waals surface area contributed by atoms with E-state index in [1.807, 2.05) is 0 Å². The zero-order valence-electron chi connectivity index (χ0n) is 10.9. The molecule has 0 aliphatic heterocycles. The fraction of sp³-hybridized carbons (Fsp3) is 0.133. The fourth-order valence-corrected chi connectivity index (χ4v) is 1.79. The van der Waals surface area contributed by atoms with Crippen molar-refractivity contribution in [2.45, 2.75) is 13.5 Å². The normalized spacial score (nSPS) is 9.65. The monoisotopic (exact) mass is 335 g/mol. The lowest BCUT2D eigenvalue weighted by Gasteiger charge is -2.01. The summed E-state index contributed by atoms with van der Waals surface area (Å²) in [5, 5.41) is 9.62. The van der Waals surface area contributed by atoms with Crippen LogP contribution in [0.5, 0.6) is 5.75 Å². The van der Waals surface area contributed by atoms with Crippen LogP contribution in [0, 0.1) is 0 Å². The van der Waals surface area contributed by atoms with Crippen molar-refractivity contribution in [3.8, 4) is 5.75 Å². The van der Waals surface area contributed by atoms with Crippen molar-refractivity contribution >= 4 is 11.6 Å². The fourth-order valence-electron chi connectivity index (χ4n) is 1.79. The maximum Gasteiger partial charge on any atom is 0.231 e. The first kappa shape index (κ1) is 16.0. The molecular formula is C15H14BrNO3. The first-order valence-corrected chi connectivity index (χ1v) is 5.89. The number of aromatic hydroxyl groups is 1. The summed E-state index contributed by atoms with van der Waals surface area (Å²) in [4.78, 5) is 23.3. The number of rotatable bonds is 4. The Bertz CT molecular complexity index is 641. The lowest BCUT2D eigenvalue weighted by molar-refractivity contribution is -0.683. The Morgan fingerprint density at radius 2 is 1.85 bits per heavy atom. The Hall–Kier alpha value is -2.01. The number of Topliss-reactive ketones (excluding diaryl/α,β-unsaturated/α-hetero) is 2. The number of benzene rings is 1. The van der Waals surface area contributed by atoms with Crippen LogP contribution in [0.2, 0.25) is 0 Å². The van der Waals surface area contributed by atoms with E-state index >= 15 is 0 Å². The molecule has 0 aliphatic carbocycles. The Kier molecular flexibility index (Phi) is 5.58. The number of phenolic OH excluding ortho intramolecular Hbond substituents is 1. The van der Waals surface area contributed by atoms with Crippen LogP contribution >= 0.6 is 0 Å². The van der Waals surface area contributed by atoms with Gasteiger partial charge in [0.25, 0.3) is 0 Å². The highest BCUT2D eigenvalue weighted by atomic mass is 79.9. The second-order valence-electron chi connectivity index (χ2n) is 4.26. The summed E-state index contributed by atoms with van der Waals surface area (Å²) < 4.78 is 1.63. The summed E-state index contributed by atoms with van der Waals surface area (Å²) in [6, 6.07) is 9.83. The summed E-state index contributed by atoms with van der Waals surface area (Å²) in [6.45, 7) is 1.56. The molecule has 1 heterocycles. The van der Waals surface area contributed by atoms with Gasteiger partial charge in [-0.25, -0.2) is 0 Å². The number of carbonyl (C=O) groups is 2. The maximum atomic E-state index is 12.1. The topological polar surface area (TPSA) is 58.2 Å². The van der Waals surface area contributed by atoms with Crippen molar-refractivity contribution in [3.63, 3.8) is 0 Å². The maximum absolute atomic E-state index is 12.1. The molecular weight excluding hydrogens is 322 g/mol. The van der Waals surface area contributed by atoms with Crippen LogP contribution in [0.4, 0.5) is 0 Å². The molecule has 0 atom stereocenters. The van der Waals surface area contributed by atoms with Gasteiger partial charge in [-0.1, -0.05) is 12.1 Å². The van der Waals surface area contributed by atoms with Crippen LogP contribution in [0.15, 0.2) is 48.8 Å². The van der Waals surface area contributed by atoms with Gasteiger partial charge in [0.2, 0.25) is 12.3 Å². The Balaban J connectivity index is 0.00000200. The van der Waals surface area contributed by atoms with Crippen molar-refractivity contribution < 1.29 is 36.2 Å². The lowest BCUT2D eigenvalue weighted by Crippen LogP contribution is -3.00. The third-order valence-electron chi connectivity index (χ3n) is 2.80. The summed E-state index contributed by atoms with van der Waals surface area (Å²) in [6.07, 6.45) is 3.34. The van der Waals surface area contributed by atoms with E-state index in [1.54, 1.807) is 47.3 Å². The number of hydrogen-bond donors (Lipinski definition) is 1. The van der Waals surface area contributed by atoms with E-state index in [9.17, 15) is 14.7 Å². The second kappa shape index (κ2) is 6.96.